The van der Waals surface area contributed by atoms with Crippen molar-refractivity contribution in [3.63, 3.8) is 0 Å². The Bertz CT molecular complexity index is 720. The van der Waals surface area contributed by atoms with Crippen LogP contribution in [-0.2, 0) is 16.1 Å². The summed E-state index contributed by atoms with van der Waals surface area (Å²) < 4.78 is 5.61. The largest absolute Gasteiger partial charge is 0.376 e. The number of rotatable bonds is 6. The molecule has 0 radical (unpaired) electrons. The molecule has 0 aromatic heterocycles. The van der Waals surface area contributed by atoms with E-state index < -0.39 is 0 Å². The van der Waals surface area contributed by atoms with Crippen LogP contribution in [0.3, 0.4) is 0 Å². The number of nitrogens with zero attached hydrogens (tertiary/aromatic N) is 2. The number of nitrogens with one attached hydrogen (secondary N) is 1. The molecule has 1 atom stereocenters. The van der Waals surface area contributed by atoms with Gasteiger partial charge < -0.3 is 15.0 Å². The van der Waals surface area contributed by atoms with E-state index in [0.717, 1.165) is 70.6 Å². The highest BCUT2D eigenvalue weighted by atomic mass is 16.5. The molecule has 5 heteroatoms. The molecule has 0 spiro atoms. The third kappa shape index (κ3) is 5.63. The van der Waals surface area contributed by atoms with Crippen LogP contribution in [-0.4, -0.2) is 67.2 Å². The fraction of sp³-hybridized carbons (Fsp3) is 0.640. The van der Waals surface area contributed by atoms with Crippen LogP contribution >= 0.6 is 0 Å². The van der Waals surface area contributed by atoms with Gasteiger partial charge in [-0.2, -0.15) is 0 Å². The zero-order valence-electron chi connectivity index (χ0n) is 18.0. The summed E-state index contributed by atoms with van der Waals surface area (Å²) in [7, 11) is 0. The van der Waals surface area contributed by atoms with E-state index in [1.54, 1.807) is 0 Å². The van der Waals surface area contributed by atoms with E-state index in [0.29, 0.717) is 12.6 Å². The van der Waals surface area contributed by atoms with Gasteiger partial charge >= 0.3 is 0 Å². The minimum atomic E-state index is 0.175. The molecule has 1 N–H and O–H groups in total. The zero-order chi connectivity index (χ0) is 20.8. The van der Waals surface area contributed by atoms with Crippen molar-refractivity contribution in [2.75, 3.05) is 39.3 Å². The first-order chi connectivity index (χ1) is 14.7. The summed E-state index contributed by atoms with van der Waals surface area (Å²) in [4.78, 5) is 17.7. The average molecular weight is 410 g/mol. The zero-order valence-corrected chi connectivity index (χ0v) is 18.0. The van der Waals surface area contributed by atoms with Gasteiger partial charge in [0.25, 0.3) is 0 Å². The van der Waals surface area contributed by atoms with E-state index >= 15 is 0 Å². The molecule has 1 aromatic carbocycles. The number of hydrogen-bond acceptors (Lipinski definition) is 4. The van der Waals surface area contributed by atoms with Crippen LogP contribution in [0.4, 0.5) is 0 Å². The number of likely N-dealkylation sites (tertiary alicyclic amines) is 2. The Kier molecular flexibility index (Phi) is 7.43. The highest BCUT2D eigenvalue weighted by Gasteiger charge is 2.31. The van der Waals surface area contributed by atoms with Crippen LogP contribution in [0.2, 0.25) is 0 Å². The fourth-order valence-corrected chi connectivity index (χ4v) is 5.10. The van der Waals surface area contributed by atoms with E-state index in [9.17, 15) is 4.79 Å². The average Bonchev–Trinajstić information content (AvgIpc) is 3.32. The van der Waals surface area contributed by atoms with E-state index in [-0.39, 0.29) is 17.9 Å². The summed E-state index contributed by atoms with van der Waals surface area (Å²) >= 11 is 0. The second-order valence-electron chi connectivity index (χ2n) is 9.04. The molecule has 3 aliphatic heterocycles. The maximum Gasteiger partial charge on any atom is 0.223 e. The number of hydrogen-bond donors (Lipinski definition) is 1. The number of carbonyl (C=O) groups excluding carboxylic acids is 1. The van der Waals surface area contributed by atoms with Crippen LogP contribution < -0.4 is 5.32 Å². The normalized spacial score (nSPS) is 24.6. The van der Waals surface area contributed by atoms with Gasteiger partial charge in [0.2, 0.25) is 5.91 Å². The number of amides is 1. The molecule has 3 saturated heterocycles. The minimum absolute atomic E-state index is 0.175. The minimum Gasteiger partial charge on any atom is -0.376 e. The highest BCUT2D eigenvalue weighted by molar-refractivity contribution is 5.78. The van der Waals surface area contributed by atoms with Gasteiger partial charge in [-0.1, -0.05) is 18.1 Å². The summed E-state index contributed by atoms with van der Waals surface area (Å²) in [6, 6.07) is 9.03. The molecular formula is C25H35N3O2. The predicted octanol–water partition coefficient (Wildman–Crippen LogP) is 2.64. The molecule has 3 heterocycles. The summed E-state index contributed by atoms with van der Waals surface area (Å²) in [5.41, 5.74) is 2.28. The van der Waals surface area contributed by atoms with Crippen LogP contribution in [0.1, 0.15) is 49.7 Å². The summed E-state index contributed by atoms with van der Waals surface area (Å²) in [5, 5.41) is 3.12. The molecule has 162 valence electrons. The highest BCUT2D eigenvalue weighted by Crippen LogP contribution is 2.25. The maximum atomic E-state index is 12.5. The molecular weight excluding hydrogens is 374 g/mol. The molecule has 4 rings (SSSR count). The van der Waals surface area contributed by atoms with Gasteiger partial charge in [-0.25, -0.2) is 0 Å². The predicted molar refractivity (Wildman–Crippen MR) is 119 cm³/mol. The topological polar surface area (TPSA) is 44.8 Å². The Hall–Kier alpha value is -1.87. The first kappa shape index (κ1) is 21.4. The van der Waals surface area contributed by atoms with Gasteiger partial charge in [0.15, 0.2) is 0 Å². The monoisotopic (exact) mass is 409 g/mol. The van der Waals surface area contributed by atoms with Gasteiger partial charge in [-0.3, -0.25) is 9.69 Å². The molecule has 3 aliphatic rings. The van der Waals surface area contributed by atoms with Crippen LogP contribution in [0.25, 0.3) is 0 Å². The van der Waals surface area contributed by atoms with Crippen LogP contribution in [0.5, 0.6) is 0 Å². The van der Waals surface area contributed by atoms with Crippen LogP contribution in [0, 0.1) is 18.3 Å². The molecule has 3 fully saturated rings. The van der Waals surface area contributed by atoms with Gasteiger partial charge in [0.1, 0.15) is 0 Å². The smallest absolute Gasteiger partial charge is 0.223 e. The van der Waals surface area contributed by atoms with Crippen molar-refractivity contribution in [2.45, 2.75) is 57.2 Å². The summed E-state index contributed by atoms with van der Waals surface area (Å²) in [6.45, 7) is 6.92. The first-order valence-electron chi connectivity index (χ1n) is 11.6. The number of benzene rings is 1. The van der Waals surface area contributed by atoms with E-state index in [2.05, 4.69) is 33.2 Å². The lowest BCUT2D eigenvalue weighted by molar-refractivity contribution is -0.127. The molecule has 0 aliphatic carbocycles. The molecule has 5 nitrogen and oxygen atoms in total. The fourth-order valence-electron chi connectivity index (χ4n) is 5.10. The van der Waals surface area contributed by atoms with Crippen molar-refractivity contribution in [1.29, 1.82) is 0 Å². The Balaban J connectivity index is 1.15. The molecule has 0 bridgehead atoms. The van der Waals surface area contributed by atoms with E-state index in [1.807, 2.05) is 12.1 Å². The SMILES string of the molecule is C#Cc1ccc(CN2CCC(N3CCC(C(=O)NC[C@@H]4CCCO4)CC3)CC2)cc1. The molecule has 1 amide bonds. The Morgan fingerprint density at radius 1 is 1.07 bits per heavy atom. The van der Waals surface area contributed by atoms with Crippen molar-refractivity contribution in [2.24, 2.45) is 5.92 Å². The molecule has 1 aromatic rings. The summed E-state index contributed by atoms with van der Waals surface area (Å²) in [5.74, 6) is 3.09. The molecule has 0 saturated carbocycles. The lowest BCUT2D eigenvalue weighted by atomic mass is 9.92. The van der Waals surface area contributed by atoms with Gasteiger partial charge in [-0.15, -0.1) is 6.42 Å². The second kappa shape index (κ2) is 10.4. The third-order valence-electron chi connectivity index (χ3n) is 7.03. The van der Waals surface area contributed by atoms with Gasteiger partial charge in [0, 0.05) is 37.2 Å². The van der Waals surface area contributed by atoms with E-state index in [1.165, 1.54) is 18.4 Å². The quantitative estimate of drug-likeness (QED) is 0.734. The third-order valence-corrected chi connectivity index (χ3v) is 7.03. The number of terminal acetylenes is 1. The molecule has 30 heavy (non-hydrogen) atoms. The Labute approximate surface area is 181 Å². The standard InChI is InChI=1S/C25H35N3O2/c1-2-20-5-7-21(8-6-20)19-27-13-11-23(12-14-27)28-15-9-22(10-16-28)25(29)26-18-24-4-3-17-30-24/h1,5-8,22-24H,3-4,9-19H2,(H,26,29)/t24-/m0/s1. The first-order valence-corrected chi connectivity index (χ1v) is 11.6. The number of piperidine rings is 2. The Morgan fingerprint density at radius 3 is 2.43 bits per heavy atom. The van der Waals surface area contributed by atoms with Crippen molar-refractivity contribution in [1.82, 2.24) is 15.1 Å². The van der Waals surface area contributed by atoms with Crippen LogP contribution in [0.15, 0.2) is 24.3 Å². The lowest BCUT2D eigenvalue weighted by Crippen LogP contribution is -2.49. The maximum absolute atomic E-state index is 12.5. The summed E-state index contributed by atoms with van der Waals surface area (Å²) in [6.07, 6.45) is 12.3. The number of carbonyl (C=O) groups is 1. The Morgan fingerprint density at radius 2 is 1.80 bits per heavy atom. The van der Waals surface area contributed by atoms with Crippen molar-refractivity contribution in [3.05, 3.63) is 35.4 Å². The lowest BCUT2D eigenvalue weighted by Gasteiger charge is -2.41. The van der Waals surface area contributed by atoms with Gasteiger partial charge in [0.05, 0.1) is 6.10 Å². The molecule has 0 unspecified atom stereocenters. The number of ether oxygens (including phenoxy) is 1. The van der Waals surface area contributed by atoms with E-state index in [4.69, 9.17) is 11.2 Å². The van der Waals surface area contributed by atoms with Crippen molar-refractivity contribution in [3.8, 4) is 12.3 Å². The van der Waals surface area contributed by atoms with Crippen molar-refractivity contribution < 1.29 is 9.53 Å². The van der Waals surface area contributed by atoms with Gasteiger partial charge in [-0.05, 0) is 82.4 Å². The second-order valence-corrected chi connectivity index (χ2v) is 9.04. The van der Waals surface area contributed by atoms with Crippen molar-refractivity contribution >= 4 is 5.91 Å².